The smallest absolute Gasteiger partial charge is 0.416 e. The number of rotatable bonds is 7. The molecule has 6 nitrogen and oxygen atoms in total. The zero-order valence-corrected chi connectivity index (χ0v) is 15.5. The molecule has 10 heteroatoms. The molecule has 0 radical (unpaired) electrons. The minimum Gasteiger partial charge on any atom is -0.491 e. The lowest BCUT2D eigenvalue weighted by atomic mass is 10.1. The van der Waals surface area contributed by atoms with Crippen molar-refractivity contribution in [3.63, 3.8) is 0 Å². The van der Waals surface area contributed by atoms with Crippen LogP contribution < -0.4 is 20.9 Å². The Morgan fingerprint density at radius 1 is 1.29 bits per heavy atom. The number of carbonyl (C=O) groups is 1. The summed E-state index contributed by atoms with van der Waals surface area (Å²) in [5.74, 6) is -0.0426. The number of hydrogen-bond acceptors (Lipinski definition) is 6. The summed E-state index contributed by atoms with van der Waals surface area (Å²) in [4.78, 5) is 13.3. The highest BCUT2D eigenvalue weighted by molar-refractivity contribution is 7.10. The van der Waals surface area contributed by atoms with Crippen molar-refractivity contribution in [1.29, 1.82) is 0 Å². The van der Waals surface area contributed by atoms with E-state index < -0.39 is 23.9 Å². The Kier molecular flexibility index (Phi) is 6.55. The van der Waals surface area contributed by atoms with E-state index in [1.807, 2.05) is 17.5 Å². The standard InChI is InChI=1S/C18H20F3N3O3S/c19-18(20,21)11-3-5-13(6-4-11)27-10-12(25)9-22-17(26)15-8-14(23-24-15)16-2-1-7-28-16/h1-7,12,14-15,23-25H,8-10H2,(H,22,26). The maximum atomic E-state index is 12.5. The van der Waals surface area contributed by atoms with Gasteiger partial charge in [-0.2, -0.15) is 13.2 Å². The average Bonchev–Trinajstić information content (AvgIpc) is 3.35. The summed E-state index contributed by atoms with van der Waals surface area (Å²) in [6.45, 7) is -0.179. The number of thiophene rings is 1. The third-order valence-corrected chi connectivity index (χ3v) is 5.23. The van der Waals surface area contributed by atoms with E-state index in [2.05, 4.69) is 16.2 Å². The van der Waals surface area contributed by atoms with Crippen molar-refractivity contribution in [1.82, 2.24) is 16.2 Å². The van der Waals surface area contributed by atoms with Gasteiger partial charge in [0.1, 0.15) is 24.5 Å². The van der Waals surface area contributed by atoms with Gasteiger partial charge in [0, 0.05) is 11.4 Å². The van der Waals surface area contributed by atoms with Crippen LogP contribution in [0, 0.1) is 0 Å². The zero-order valence-electron chi connectivity index (χ0n) is 14.7. The summed E-state index contributed by atoms with van der Waals surface area (Å²) >= 11 is 1.61. The molecule has 1 aliphatic heterocycles. The van der Waals surface area contributed by atoms with Gasteiger partial charge < -0.3 is 15.2 Å². The van der Waals surface area contributed by atoms with Crippen LogP contribution >= 0.6 is 11.3 Å². The third kappa shape index (κ3) is 5.44. The van der Waals surface area contributed by atoms with Crippen molar-refractivity contribution < 1.29 is 27.8 Å². The number of hydrogen-bond donors (Lipinski definition) is 4. The number of hydrazine groups is 1. The van der Waals surface area contributed by atoms with Crippen molar-refractivity contribution >= 4 is 17.2 Å². The van der Waals surface area contributed by atoms with Gasteiger partial charge in [-0.25, -0.2) is 10.9 Å². The summed E-state index contributed by atoms with van der Waals surface area (Å²) in [5, 5.41) is 14.5. The molecule has 3 unspecified atom stereocenters. The molecule has 4 N–H and O–H groups in total. The monoisotopic (exact) mass is 415 g/mol. The van der Waals surface area contributed by atoms with Crippen LogP contribution in [0.3, 0.4) is 0 Å². The minimum atomic E-state index is -4.41. The van der Waals surface area contributed by atoms with Crippen molar-refractivity contribution in [3.8, 4) is 5.75 Å². The van der Waals surface area contributed by atoms with Gasteiger partial charge in [0.2, 0.25) is 5.91 Å². The summed E-state index contributed by atoms with van der Waals surface area (Å²) < 4.78 is 42.8. The van der Waals surface area contributed by atoms with Gasteiger partial charge in [-0.15, -0.1) is 11.3 Å². The number of alkyl halides is 3. The molecule has 152 valence electrons. The quantitative estimate of drug-likeness (QED) is 0.558. The second kappa shape index (κ2) is 8.91. The molecule has 3 rings (SSSR count). The number of aliphatic hydroxyl groups excluding tert-OH is 1. The Labute approximate surface area is 163 Å². The lowest BCUT2D eigenvalue weighted by Crippen LogP contribution is -2.46. The molecule has 1 saturated heterocycles. The highest BCUT2D eigenvalue weighted by Crippen LogP contribution is 2.30. The molecule has 0 bridgehead atoms. The first kappa shape index (κ1) is 20.6. The molecular formula is C18H20F3N3O3S. The molecule has 1 amide bonds. The predicted octanol–water partition coefficient (Wildman–Crippen LogP) is 2.23. The van der Waals surface area contributed by atoms with Crippen LogP contribution in [0.15, 0.2) is 41.8 Å². The Balaban J connectivity index is 1.38. The molecule has 1 aliphatic rings. The Hall–Kier alpha value is -2.14. The topological polar surface area (TPSA) is 82.6 Å². The Morgan fingerprint density at radius 2 is 2.04 bits per heavy atom. The molecule has 3 atom stereocenters. The predicted molar refractivity (Wildman–Crippen MR) is 97.7 cm³/mol. The molecule has 0 saturated carbocycles. The maximum Gasteiger partial charge on any atom is 0.416 e. The molecule has 2 aromatic rings. The fraction of sp³-hybridized carbons (Fsp3) is 0.389. The second-order valence-electron chi connectivity index (χ2n) is 6.38. The van der Waals surface area contributed by atoms with Crippen LogP contribution in [-0.4, -0.2) is 36.3 Å². The molecule has 1 fully saturated rings. The van der Waals surface area contributed by atoms with Crippen LogP contribution in [0.4, 0.5) is 13.2 Å². The first-order valence-corrected chi connectivity index (χ1v) is 9.51. The first-order chi connectivity index (χ1) is 13.3. The van der Waals surface area contributed by atoms with Gasteiger partial charge in [-0.05, 0) is 42.1 Å². The molecule has 0 aliphatic carbocycles. The number of halogens is 3. The largest absolute Gasteiger partial charge is 0.491 e. The molecule has 0 spiro atoms. The van der Waals surface area contributed by atoms with Crippen LogP contribution in [0.25, 0.3) is 0 Å². The number of ether oxygens (including phenoxy) is 1. The Bertz CT molecular complexity index is 769. The SMILES string of the molecule is O=C(NCC(O)COc1ccc(C(F)(F)F)cc1)C1CC(c2cccs2)NN1. The van der Waals surface area contributed by atoms with Gasteiger partial charge in [0.05, 0.1) is 11.6 Å². The minimum absolute atomic E-state index is 0.0265. The number of nitrogens with one attached hydrogen (secondary N) is 3. The van der Waals surface area contributed by atoms with E-state index in [9.17, 15) is 23.1 Å². The van der Waals surface area contributed by atoms with Crippen LogP contribution in [0.1, 0.15) is 22.9 Å². The van der Waals surface area contributed by atoms with Gasteiger partial charge in [-0.1, -0.05) is 6.07 Å². The molecule has 1 aromatic heterocycles. The number of amides is 1. The van der Waals surface area contributed by atoms with E-state index in [0.29, 0.717) is 6.42 Å². The lowest BCUT2D eigenvalue weighted by molar-refractivity contribution is -0.137. The normalized spacial score (nSPS) is 20.7. The van der Waals surface area contributed by atoms with Crippen LogP contribution in [0.5, 0.6) is 5.75 Å². The van der Waals surface area contributed by atoms with E-state index in [0.717, 1.165) is 17.0 Å². The fourth-order valence-corrected chi connectivity index (χ4v) is 3.53. The van der Waals surface area contributed by atoms with Gasteiger partial charge >= 0.3 is 6.18 Å². The fourth-order valence-electron chi connectivity index (χ4n) is 2.74. The van der Waals surface area contributed by atoms with Crippen molar-refractivity contribution in [2.75, 3.05) is 13.2 Å². The first-order valence-electron chi connectivity index (χ1n) is 8.63. The van der Waals surface area contributed by atoms with E-state index >= 15 is 0 Å². The zero-order chi connectivity index (χ0) is 20.1. The average molecular weight is 415 g/mol. The summed E-state index contributed by atoms with van der Waals surface area (Å²) in [6, 6.07) is 7.77. The van der Waals surface area contributed by atoms with E-state index in [1.165, 1.54) is 12.1 Å². The van der Waals surface area contributed by atoms with Crippen LogP contribution in [-0.2, 0) is 11.0 Å². The van der Waals surface area contributed by atoms with Crippen molar-refractivity contribution in [2.45, 2.75) is 30.8 Å². The van der Waals surface area contributed by atoms with Crippen molar-refractivity contribution in [3.05, 3.63) is 52.2 Å². The molecule has 28 heavy (non-hydrogen) atoms. The summed E-state index contributed by atoms with van der Waals surface area (Å²) in [7, 11) is 0. The third-order valence-electron chi connectivity index (χ3n) is 4.24. The Morgan fingerprint density at radius 3 is 2.68 bits per heavy atom. The summed E-state index contributed by atoms with van der Waals surface area (Å²) in [6.07, 6.45) is -4.81. The van der Waals surface area contributed by atoms with Gasteiger partial charge in [0.25, 0.3) is 0 Å². The molecule has 2 heterocycles. The van der Waals surface area contributed by atoms with Crippen molar-refractivity contribution in [2.24, 2.45) is 0 Å². The lowest BCUT2D eigenvalue weighted by Gasteiger charge is -2.15. The number of benzene rings is 1. The highest BCUT2D eigenvalue weighted by atomic mass is 32.1. The number of aliphatic hydroxyl groups is 1. The highest BCUT2D eigenvalue weighted by Gasteiger charge is 2.31. The van der Waals surface area contributed by atoms with E-state index in [1.54, 1.807) is 11.3 Å². The molecule has 1 aromatic carbocycles. The van der Waals surface area contributed by atoms with Gasteiger partial charge in [-0.3, -0.25) is 4.79 Å². The molecular weight excluding hydrogens is 395 g/mol. The second-order valence-corrected chi connectivity index (χ2v) is 7.36. The van der Waals surface area contributed by atoms with E-state index in [4.69, 9.17) is 4.74 Å². The number of carbonyl (C=O) groups excluding carboxylic acids is 1. The van der Waals surface area contributed by atoms with E-state index in [-0.39, 0.29) is 30.9 Å². The van der Waals surface area contributed by atoms with Gasteiger partial charge in [0.15, 0.2) is 0 Å². The summed E-state index contributed by atoms with van der Waals surface area (Å²) in [5.41, 5.74) is 5.23. The maximum absolute atomic E-state index is 12.5. The van der Waals surface area contributed by atoms with Crippen LogP contribution in [0.2, 0.25) is 0 Å².